The Bertz CT molecular complexity index is 655. The second-order valence-electron chi connectivity index (χ2n) is 6.26. The first-order chi connectivity index (χ1) is 10.7. The fourth-order valence-electron chi connectivity index (χ4n) is 2.78. The predicted octanol–water partition coefficient (Wildman–Crippen LogP) is -0.500. The molecule has 1 aliphatic rings. The van der Waals surface area contributed by atoms with Crippen LogP contribution in [0.25, 0.3) is 0 Å². The Balaban J connectivity index is 2.19. The lowest BCUT2D eigenvalue weighted by atomic mass is 10.1. The molecular formula is C14H25N5O3S. The quantitative estimate of drug-likeness (QED) is 0.796. The van der Waals surface area contributed by atoms with Gasteiger partial charge in [0, 0.05) is 52.5 Å². The van der Waals surface area contributed by atoms with Gasteiger partial charge in [0.15, 0.2) is 0 Å². The first kappa shape index (κ1) is 17.9. The van der Waals surface area contributed by atoms with Gasteiger partial charge in [0.25, 0.3) is 0 Å². The van der Waals surface area contributed by atoms with E-state index in [9.17, 15) is 13.2 Å². The second kappa shape index (κ2) is 6.98. The van der Waals surface area contributed by atoms with E-state index in [0.717, 1.165) is 11.4 Å². The number of sulfonamides is 1. The average Bonchev–Trinajstić information content (AvgIpc) is 2.73. The first-order valence-electron chi connectivity index (χ1n) is 7.56. The van der Waals surface area contributed by atoms with Crippen molar-refractivity contribution in [3.63, 3.8) is 0 Å². The smallest absolute Gasteiger partial charge is 0.227 e. The van der Waals surface area contributed by atoms with E-state index < -0.39 is 10.0 Å². The van der Waals surface area contributed by atoms with Gasteiger partial charge in [-0.15, -0.1) is 0 Å². The number of aryl methyl sites for hydroxylation is 1. The number of nitrogens with one attached hydrogen (secondary N) is 1. The molecule has 1 amide bonds. The molecule has 9 heteroatoms. The monoisotopic (exact) mass is 343 g/mol. The SMILES string of the molecule is Cc1[nH]cnc1CN1CCN(S(C)(=O)=O)C[C@@H](C(=O)N(C)C)C1. The van der Waals surface area contributed by atoms with Crippen LogP contribution < -0.4 is 0 Å². The lowest BCUT2D eigenvalue weighted by Gasteiger charge is -2.25. The number of carbonyl (C=O) groups excluding carboxylic acids is 1. The van der Waals surface area contributed by atoms with Gasteiger partial charge in [-0.2, -0.15) is 0 Å². The van der Waals surface area contributed by atoms with Crippen LogP contribution in [-0.2, 0) is 21.4 Å². The molecule has 0 bridgehead atoms. The van der Waals surface area contributed by atoms with Crippen molar-refractivity contribution in [3.8, 4) is 0 Å². The molecule has 0 saturated carbocycles. The summed E-state index contributed by atoms with van der Waals surface area (Å²) in [6.07, 6.45) is 2.84. The third-order valence-corrected chi connectivity index (χ3v) is 5.40. The molecule has 2 rings (SSSR count). The highest BCUT2D eigenvalue weighted by molar-refractivity contribution is 7.88. The summed E-state index contributed by atoms with van der Waals surface area (Å²) in [5.74, 6) is -0.425. The lowest BCUT2D eigenvalue weighted by Crippen LogP contribution is -2.41. The minimum absolute atomic E-state index is 0.0516. The number of hydrogen-bond donors (Lipinski definition) is 1. The molecule has 1 fully saturated rings. The molecule has 1 aliphatic heterocycles. The van der Waals surface area contributed by atoms with Crippen LogP contribution in [-0.4, -0.2) is 84.9 Å². The number of imidazole rings is 1. The summed E-state index contributed by atoms with van der Waals surface area (Å²) in [5, 5.41) is 0. The predicted molar refractivity (Wildman–Crippen MR) is 87.2 cm³/mol. The molecular weight excluding hydrogens is 318 g/mol. The highest BCUT2D eigenvalue weighted by Gasteiger charge is 2.32. The van der Waals surface area contributed by atoms with Crippen molar-refractivity contribution in [2.75, 3.05) is 46.5 Å². The molecule has 130 valence electrons. The molecule has 1 aromatic rings. The maximum Gasteiger partial charge on any atom is 0.227 e. The Morgan fingerprint density at radius 1 is 1.39 bits per heavy atom. The fraction of sp³-hybridized carbons (Fsp3) is 0.714. The molecule has 1 aromatic heterocycles. The van der Waals surface area contributed by atoms with Crippen molar-refractivity contribution in [3.05, 3.63) is 17.7 Å². The van der Waals surface area contributed by atoms with E-state index in [-0.39, 0.29) is 18.4 Å². The molecule has 1 N–H and O–H groups in total. The lowest BCUT2D eigenvalue weighted by molar-refractivity contribution is -0.133. The Hall–Kier alpha value is -1.45. The molecule has 0 spiro atoms. The zero-order chi connectivity index (χ0) is 17.2. The summed E-state index contributed by atoms with van der Waals surface area (Å²) in [7, 11) is 0.0685. The van der Waals surface area contributed by atoms with E-state index in [1.54, 1.807) is 20.4 Å². The fourth-order valence-corrected chi connectivity index (χ4v) is 3.64. The molecule has 23 heavy (non-hydrogen) atoms. The van der Waals surface area contributed by atoms with Gasteiger partial charge < -0.3 is 9.88 Å². The summed E-state index contributed by atoms with van der Waals surface area (Å²) in [6.45, 7) is 4.27. The van der Waals surface area contributed by atoms with E-state index in [1.807, 2.05) is 6.92 Å². The van der Waals surface area contributed by atoms with Gasteiger partial charge in [-0.25, -0.2) is 17.7 Å². The largest absolute Gasteiger partial charge is 0.348 e. The molecule has 1 saturated heterocycles. The Kier molecular flexibility index (Phi) is 5.43. The number of hydrogen-bond acceptors (Lipinski definition) is 5. The normalized spacial score (nSPS) is 21.1. The van der Waals surface area contributed by atoms with Crippen molar-refractivity contribution >= 4 is 15.9 Å². The molecule has 0 unspecified atom stereocenters. The standard InChI is InChI=1S/C14H25N5O3S/c1-11-13(16-10-15-11)9-18-5-6-19(23(4,21)22)8-12(7-18)14(20)17(2)3/h10,12H,5-9H2,1-4H3,(H,15,16)/t12-/m0/s1. The number of amides is 1. The van der Waals surface area contributed by atoms with Crippen LogP contribution in [0.15, 0.2) is 6.33 Å². The van der Waals surface area contributed by atoms with Crippen LogP contribution in [0.5, 0.6) is 0 Å². The molecule has 0 aromatic carbocycles. The van der Waals surface area contributed by atoms with Crippen LogP contribution in [0.3, 0.4) is 0 Å². The minimum Gasteiger partial charge on any atom is -0.348 e. The van der Waals surface area contributed by atoms with E-state index in [4.69, 9.17) is 0 Å². The Labute approximate surface area is 137 Å². The first-order valence-corrected chi connectivity index (χ1v) is 9.40. The third-order valence-electron chi connectivity index (χ3n) is 4.13. The van der Waals surface area contributed by atoms with Crippen molar-refractivity contribution in [2.24, 2.45) is 5.92 Å². The van der Waals surface area contributed by atoms with Gasteiger partial charge in [0.2, 0.25) is 15.9 Å². The number of nitrogens with zero attached hydrogens (tertiary/aromatic N) is 4. The van der Waals surface area contributed by atoms with Gasteiger partial charge >= 0.3 is 0 Å². The molecule has 8 nitrogen and oxygen atoms in total. The van der Waals surface area contributed by atoms with Gasteiger partial charge in [0.05, 0.1) is 24.2 Å². The topological polar surface area (TPSA) is 89.6 Å². The van der Waals surface area contributed by atoms with E-state index >= 15 is 0 Å². The number of H-pyrrole nitrogens is 1. The van der Waals surface area contributed by atoms with Crippen LogP contribution in [0.1, 0.15) is 11.4 Å². The molecule has 1 atom stereocenters. The zero-order valence-electron chi connectivity index (χ0n) is 14.1. The average molecular weight is 343 g/mol. The van der Waals surface area contributed by atoms with Crippen molar-refractivity contribution in [2.45, 2.75) is 13.5 Å². The zero-order valence-corrected chi connectivity index (χ0v) is 14.9. The van der Waals surface area contributed by atoms with Crippen LogP contribution in [0.4, 0.5) is 0 Å². The molecule has 0 aliphatic carbocycles. The second-order valence-corrected chi connectivity index (χ2v) is 8.24. The van der Waals surface area contributed by atoms with E-state index in [0.29, 0.717) is 26.2 Å². The summed E-state index contributed by atoms with van der Waals surface area (Å²) >= 11 is 0. The van der Waals surface area contributed by atoms with Crippen molar-refractivity contribution in [1.82, 2.24) is 24.1 Å². The number of aromatic amines is 1. The number of carbonyl (C=O) groups is 1. The number of aromatic nitrogens is 2. The summed E-state index contributed by atoms with van der Waals surface area (Å²) < 4.78 is 25.2. The van der Waals surface area contributed by atoms with Crippen LogP contribution >= 0.6 is 0 Å². The highest BCUT2D eigenvalue weighted by atomic mass is 32.2. The maximum atomic E-state index is 12.4. The summed E-state index contributed by atoms with van der Waals surface area (Å²) in [5.41, 5.74) is 1.92. The van der Waals surface area contributed by atoms with Crippen LogP contribution in [0.2, 0.25) is 0 Å². The highest BCUT2D eigenvalue weighted by Crippen LogP contribution is 2.16. The van der Waals surface area contributed by atoms with Crippen LogP contribution in [0, 0.1) is 12.8 Å². The minimum atomic E-state index is -3.32. The summed E-state index contributed by atoms with van der Waals surface area (Å²) in [4.78, 5) is 23.3. The van der Waals surface area contributed by atoms with Gasteiger partial charge in [-0.05, 0) is 6.92 Å². The van der Waals surface area contributed by atoms with Crippen molar-refractivity contribution in [1.29, 1.82) is 0 Å². The number of rotatable bonds is 4. The Morgan fingerprint density at radius 2 is 2.09 bits per heavy atom. The van der Waals surface area contributed by atoms with E-state index in [2.05, 4.69) is 14.9 Å². The van der Waals surface area contributed by atoms with Crippen molar-refractivity contribution < 1.29 is 13.2 Å². The van der Waals surface area contributed by atoms with Gasteiger partial charge in [-0.3, -0.25) is 9.69 Å². The molecule has 2 heterocycles. The maximum absolute atomic E-state index is 12.4. The van der Waals surface area contributed by atoms with Gasteiger partial charge in [0.1, 0.15) is 0 Å². The van der Waals surface area contributed by atoms with E-state index in [1.165, 1.54) is 15.5 Å². The summed E-state index contributed by atoms with van der Waals surface area (Å²) in [6, 6.07) is 0. The molecule has 0 radical (unpaired) electrons. The Morgan fingerprint density at radius 3 is 2.61 bits per heavy atom. The third kappa shape index (κ3) is 4.52. The van der Waals surface area contributed by atoms with Gasteiger partial charge in [-0.1, -0.05) is 0 Å².